The Kier molecular flexibility index (Phi) is 3.26. The number of hydrogen-bond acceptors (Lipinski definition) is 2. The van der Waals surface area contributed by atoms with E-state index in [1.165, 1.54) is 44.0 Å². The maximum atomic E-state index is 13.4. The molecule has 2 heterocycles. The molecule has 22 heavy (non-hydrogen) atoms. The van der Waals surface area contributed by atoms with E-state index in [1.54, 1.807) is 13.0 Å². The van der Waals surface area contributed by atoms with Gasteiger partial charge in [-0.05, 0) is 61.9 Å². The zero-order valence-corrected chi connectivity index (χ0v) is 13.0. The summed E-state index contributed by atoms with van der Waals surface area (Å²) in [6.45, 7) is 5.20. The Bertz CT molecular complexity index is 706. The van der Waals surface area contributed by atoms with Crippen LogP contribution in [0.1, 0.15) is 30.5 Å². The minimum absolute atomic E-state index is 0.244. The van der Waals surface area contributed by atoms with Crippen LogP contribution in [0.3, 0.4) is 0 Å². The molecule has 2 nitrogen and oxygen atoms in total. The molecule has 2 aliphatic rings. The van der Waals surface area contributed by atoms with Crippen LogP contribution in [-0.2, 0) is 6.54 Å². The highest BCUT2D eigenvalue weighted by atomic mass is 19.1. The van der Waals surface area contributed by atoms with Gasteiger partial charge in [0.15, 0.2) is 0 Å². The highest BCUT2D eigenvalue weighted by molar-refractivity contribution is 5.60. The van der Waals surface area contributed by atoms with Gasteiger partial charge in [0.25, 0.3) is 0 Å². The highest BCUT2D eigenvalue weighted by Gasteiger charge is 2.47. The number of pyridine rings is 1. The molecule has 1 aliphatic carbocycles. The molecule has 0 amide bonds. The summed E-state index contributed by atoms with van der Waals surface area (Å²) >= 11 is 0. The molecule has 1 saturated carbocycles. The molecule has 0 N–H and O–H groups in total. The first-order valence-electron chi connectivity index (χ1n) is 8.08. The van der Waals surface area contributed by atoms with Crippen molar-refractivity contribution in [3.63, 3.8) is 0 Å². The van der Waals surface area contributed by atoms with Crippen molar-refractivity contribution in [3.8, 4) is 11.3 Å². The van der Waals surface area contributed by atoms with Crippen LogP contribution < -0.4 is 0 Å². The lowest BCUT2D eigenvalue weighted by molar-refractivity contribution is 0.312. The molecule has 2 fully saturated rings. The van der Waals surface area contributed by atoms with Crippen LogP contribution in [0.25, 0.3) is 11.3 Å². The Morgan fingerprint density at radius 1 is 1.18 bits per heavy atom. The molecule has 2 aromatic rings. The van der Waals surface area contributed by atoms with Gasteiger partial charge >= 0.3 is 0 Å². The summed E-state index contributed by atoms with van der Waals surface area (Å²) in [5, 5.41) is 0. The normalized spacial score (nSPS) is 19.7. The molecule has 0 bridgehead atoms. The molecule has 4 rings (SSSR count). The van der Waals surface area contributed by atoms with E-state index in [0.29, 0.717) is 11.1 Å². The van der Waals surface area contributed by atoms with Crippen LogP contribution in [0.15, 0.2) is 36.4 Å². The number of benzene rings is 1. The summed E-state index contributed by atoms with van der Waals surface area (Å²) in [6.07, 6.45) is 4.20. The third kappa shape index (κ3) is 2.66. The molecule has 0 unspecified atom stereocenters. The zero-order chi connectivity index (χ0) is 15.2. The fourth-order valence-electron chi connectivity index (χ4n) is 3.54. The zero-order valence-electron chi connectivity index (χ0n) is 13.0. The van der Waals surface area contributed by atoms with Crippen LogP contribution in [-0.4, -0.2) is 23.0 Å². The fourth-order valence-corrected chi connectivity index (χ4v) is 3.54. The molecule has 0 radical (unpaired) electrons. The Morgan fingerprint density at radius 3 is 2.77 bits per heavy atom. The van der Waals surface area contributed by atoms with E-state index in [4.69, 9.17) is 0 Å². The van der Waals surface area contributed by atoms with Gasteiger partial charge < -0.3 is 0 Å². The molecule has 1 aliphatic heterocycles. The molecule has 0 atom stereocenters. The van der Waals surface area contributed by atoms with Crippen LogP contribution in [0.2, 0.25) is 0 Å². The first-order chi connectivity index (χ1) is 10.6. The molecule has 114 valence electrons. The lowest BCUT2D eigenvalue weighted by atomic mass is 10.1. The van der Waals surface area contributed by atoms with Crippen LogP contribution in [0.5, 0.6) is 0 Å². The topological polar surface area (TPSA) is 16.1 Å². The van der Waals surface area contributed by atoms with E-state index in [1.807, 2.05) is 0 Å². The number of aryl methyl sites for hydroxylation is 1. The second-order valence-electron chi connectivity index (χ2n) is 6.92. The maximum Gasteiger partial charge on any atom is 0.144 e. The van der Waals surface area contributed by atoms with E-state index in [2.05, 4.69) is 34.1 Å². The van der Waals surface area contributed by atoms with Crippen LogP contribution in [0, 0.1) is 18.2 Å². The van der Waals surface area contributed by atoms with Crippen molar-refractivity contribution < 1.29 is 4.39 Å². The van der Waals surface area contributed by atoms with E-state index >= 15 is 0 Å². The monoisotopic (exact) mass is 296 g/mol. The Balaban J connectivity index is 1.53. The van der Waals surface area contributed by atoms with Gasteiger partial charge in [-0.15, -0.1) is 0 Å². The van der Waals surface area contributed by atoms with Gasteiger partial charge in [-0.25, -0.2) is 4.39 Å². The summed E-state index contributed by atoms with van der Waals surface area (Å²) in [5.41, 5.74) is 4.37. The molecule has 1 spiro atoms. The van der Waals surface area contributed by atoms with Gasteiger partial charge in [-0.3, -0.25) is 9.88 Å². The average Bonchev–Trinajstić information content (AvgIpc) is 3.16. The predicted octanol–water partition coefficient (Wildman–Crippen LogP) is 4.18. The van der Waals surface area contributed by atoms with Gasteiger partial charge in [-0.2, -0.15) is 0 Å². The first kappa shape index (κ1) is 13.9. The molecule has 1 aromatic heterocycles. The van der Waals surface area contributed by atoms with E-state index < -0.39 is 0 Å². The standard InChI is InChI=1S/C19H21FN2/c1-14-17(20)5-6-18(21-14)16-4-2-3-15(11-16)12-22-10-9-19(13-22)7-8-19/h2-6,11H,7-10,12-13H2,1H3. The molecule has 1 saturated heterocycles. The van der Waals surface area contributed by atoms with Gasteiger partial charge in [0.05, 0.1) is 11.4 Å². The molecule has 1 aromatic carbocycles. The second kappa shape index (κ2) is 5.17. The van der Waals surface area contributed by atoms with E-state index in [0.717, 1.165) is 17.8 Å². The third-order valence-electron chi connectivity index (χ3n) is 5.12. The number of likely N-dealkylation sites (tertiary alicyclic amines) is 1. The van der Waals surface area contributed by atoms with Crippen molar-refractivity contribution in [2.24, 2.45) is 5.41 Å². The van der Waals surface area contributed by atoms with Crippen molar-refractivity contribution in [1.29, 1.82) is 0 Å². The van der Waals surface area contributed by atoms with Crippen LogP contribution >= 0.6 is 0 Å². The largest absolute Gasteiger partial charge is 0.299 e. The quantitative estimate of drug-likeness (QED) is 0.844. The van der Waals surface area contributed by atoms with Gasteiger partial charge in [-0.1, -0.05) is 18.2 Å². The number of nitrogens with zero attached hydrogens (tertiary/aromatic N) is 2. The Hall–Kier alpha value is -1.74. The van der Waals surface area contributed by atoms with E-state index in [-0.39, 0.29) is 5.82 Å². The van der Waals surface area contributed by atoms with Gasteiger partial charge in [0.2, 0.25) is 0 Å². The molecule has 3 heteroatoms. The van der Waals surface area contributed by atoms with E-state index in [9.17, 15) is 4.39 Å². The fraction of sp³-hybridized carbons (Fsp3) is 0.421. The Morgan fingerprint density at radius 2 is 2.05 bits per heavy atom. The summed E-state index contributed by atoms with van der Waals surface area (Å²) in [4.78, 5) is 6.93. The number of hydrogen-bond donors (Lipinski definition) is 0. The second-order valence-corrected chi connectivity index (χ2v) is 6.92. The summed E-state index contributed by atoms with van der Waals surface area (Å²) in [7, 11) is 0. The number of aromatic nitrogens is 1. The average molecular weight is 296 g/mol. The molecular formula is C19H21FN2. The minimum Gasteiger partial charge on any atom is -0.299 e. The van der Waals surface area contributed by atoms with Gasteiger partial charge in [0, 0.05) is 18.7 Å². The lowest BCUT2D eigenvalue weighted by Crippen LogP contribution is -2.20. The van der Waals surface area contributed by atoms with Crippen molar-refractivity contribution >= 4 is 0 Å². The maximum absolute atomic E-state index is 13.4. The van der Waals surface area contributed by atoms with Crippen molar-refractivity contribution in [1.82, 2.24) is 9.88 Å². The number of halogens is 1. The Labute approximate surface area is 131 Å². The third-order valence-corrected chi connectivity index (χ3v) is 5.12. The van der Waals surface area contributed by atoms with Crippen molar-refractivity contribution in [3.05, 3.63) is 53.5 Å². The highest BCUT2D eigenvalue weighted by Crippen LogP contribution is 2.52. The van der Waals surface area contributed by atoms with Gasteiger partial charge in [0.1, 0.15) is 5.82 Å². The number of rotatable bonds is 3. The minimum atomic E-state index is -0.244. The lowest BCUT2D eigenvalue weighted by Gasteiger charge is -2.16. The smallest absolute Gasteiger partial charge is 0.144 e. The SMILES string of the molecule is Cc1nc(-c2cccc(CN3CCC4(CC4)C3)c2)ccc1F. The summed E-state index contributed by atoms with van der Waals surface area (Å²) in [6, 6.07) is 11.8. The predicted molar refractivity (Wildman–Crippen MR) is 85.9 cm³/mol. The van der Waals surface area contributed by atoms with Crippen LogP contribution in [0.4, 0.5) is 4.39 Å². The first-order valence-corrected chi connectivity index (χ1v) is 8.08. The molecular weight excluding hydrogens is 275 g/mol. The van der Waals surface area contributed by atoms with Crippen molar-refractivity contribution in [2.75, 3.05) is 13.1 Å². The summed E-state index contributed by atoms with van der Waals surface area (Å²) in [5.74, 6) is -0.244. The van der Waals surface area contributed by atoms with Crippen molar-refractivity contribution in [2.45, 2.75) is 32.7 Å². The summed E-state index contributed by atoms with van der Waals surface area (Å²) < 4.78 is 13.4.